The lowest BCUT2D eigenvalue weighted by molar-refractivity contribution is -0.909. The van der Waals surface area contributed by atoms with Crippen LogP contribution >= 0.6 is 11.8 Å². The number of thioether (sulfide) groups is 1. The van der Waals surface area contributed by atoms with E-state index in [2.05, 4.69) is 17.6 Å². The Labute approximate surface area is 179 Å². The third-order valence-electron chi connectivity index (χ3n) is 5.72. The highest BCUT2D eigenvalue weighted by atomic mass is 32.2. The van der Waals surface area contributed by atoms with Crippen molar-refractivity contribution in [3.8, 4) is 0 Å². The van der Waals surface area contributed by atoms with Gasteiger partial charge in [0.15, 0.2) is 0 Å². The molecule has 4 rings (SSSR count). The Hall–Kier alpha value is -2.64. The first-order chi connectivity index (χ1) is 14.5. The molecule has 0 radical (unpaired) electrons. The summed E-state index contributed by atoms with van der Waals surface area (Å²) in [6, 6.07) is 12.1. The molecular weight excluding hydrogens is 401 g/mol. The van der Waals surface area contributed by atoms with E-state index in [0.29, 0.717) is 34.3 Å². The standard InChI is InChI=1S/C23H24FN3O2S/c1-2-27-11-5-7-17(27)14-25-22(28)16-9-10-20-19(12-16)26-23(29)21(30-20)13-15-6-3-4-8-18(15)24/h3-4,6,8-10,12-13,17H,2,5,7,11,14H2,1H3,(H,25,28)(H,26,29)/p+1. The minimum Gasteiger partial charge on any atom is -0.346 e. The van der Waals surface area contributed by atoms with Crippen molar-refractivity contribution in [2.24, 2.45) is 0 Å². The number of quaternary nitrogens is 1. The topological polar surface area (TPSA) is 62.6 Å². The average Bonchev–Trinajstić information content (AvgIpc) is 3.21. The maximum Gasteiger partial charge on any atom is 0.262 e. The van der Waals surface area contributed by atoms with Gasteiger partial charge in [-0.3, -0.25) is 9.59 Å². The van der Waals surface area contributed by atoms with Crippen LogP contribution in [0.5, 0.6) is 0 Å². The molecule has 2 aromatic rings. The van der Waals surface area contributed by atoms with Gasteiger partial charge in [-0.2, -0.15) is 0 Å². The Bertz CT molecular complexity index is 1010. The number of amides is 2. The van der Waals surface area contributed by atoms with Gasteiger partial charge < -0.3 is 15.5 Å². The number of hydrogen-bond donors (Lipinski definition) is 3. The Morgan fingerprint density at radius 2 is 2.17 bits per heavy atom. The van der Waals surface area contributed by atoms with Crippen molar-refractivity contribution >= 4 is 35.3 Å². The van der Waals surface area contributed by atoms with Gasteiger partial charge in [0, 0.05) is 28.9 Å². The van der Waals surface area contributed by atoms with Crippen LogP contribution < -0.4 is 15.5 Å². The summed E-state index contributed by atoms with van der Waals surface area (Å²) in [6.45, 7) is 5.08. The normalized spacial score (nSPS) is 21.9. The van der Waals surface area contributed by atoms with Gasteiger partial charge in [0.05, 0.1) is 30.2 Å². The number of rotatable bonds is 5. The first-order valence-electron chi connectivity index (χ1n) is 10.3. The van der Waals surface area contributed by atoms with E-state index in [1.54, 1.807) is 41.3 Å². The fourth-order valence-electron chi connectivity index (χ4n) is 4.05. The summed E-state index contributed by atoms with van der Waals surface area (Å²) < 4.78 is 13.9. The SMILES string of the molecule is CC[NH+]1CCCC1CNC(=O)c1ccc2c(c1)NC(=O)C(=Cc1ccccc1F)S2. The molecule has 2 aliphatic rings. The summed E-state index contributed by atoms with van der Waals surface area (Å²) in [4.78, 5) is 27.9. The number of carbonyl (C=O) groups excluding carboxylic acids is 2. The molecule has 0 saturated carbocycles. The number of hydrogen-bond acceptors (Lipinski definition) is 3. The van der Waals surface area contributed by atoms with Gasteiger partial charge in [-0.25, -0.2) is 4.39 Å². The van der Waals surface area contributed by atoms with Crippen LogP contribution in [-0.2, 0) is 4.79 Å². The Balaban J connectivity index is 1.46. The van der Waals surface area contributed by atoms with Crippen molar-refractivity contribution in [2.45, 2.75) is 30.7 Å². The summed E-state index contributed by atoms with van der Waals surface area (Å²) in [7, 11) is 0. The molecule has 156 valence electrons. The molecule has 0 aliphatic carbocycles. The van der Waals surface area contributed by atoms with Gasteiger partial charge in [0.25, 0.3) is 11.8 Å². The molecule has 2 aliphatic heterocycles. The van der Waals surface area contributed by atoms with Crippen molar-refractivity contribution < 1.29 is 18.9 Å². The number of nitrogens with one attached hydrogen (secondary N) is 3. The molecular formula is C23H25FN3O2S+. The van der Waals surface area contributed by atoms with E-state index in [0.717, 1.165) is 17.9 Å². The quantitative estimate of drug-likeness (QED) is 0.645. The van der Waals surface area contributed by atoms with E-state index < -0.39 is 0 Å². The smallest absolute Gasteiger partial charge is 0.262 e. The van der Waals surface area contributed by atoms with E-state index in [1.807, 2.05) is 6.07 Å². The number of carbonyl (C=O) groups is 2. The lowest BCUT2D eigenvalue weighted by Crippen LogP contribution is -3.14. The molecule has 7 heteroatoms. The zero-order valence-electron chi connectivity index (χ0n) is 16.8. The van der Waals surface area contributed by atoms with Crippen molar-refractivity contribution in [1.29, 1.82) is 0 Å². The third-order valence-corrected chi connectivity index (χ3v) is 6.82. The molecule has 2 atom stereocenters. The summed E-state index contributed by atoms with van der Waals surface area (Å²) in [5, 5.41) is 5.86. The van der Waals surface area contributed by atoms with E-state index in [1.165, 1.54) is 30.8 Å². The molecule has 2 heterocycles. The molecule has 2 unspecified atom stereocenters. The fourth-order valence-corrected chi connectivity index (χ4v) is 4.97. The predicted octanol–water partition coefficient (Wildman–Crippen LogP) is 2.71. The van der Waals surface area contributed by atoms with Crippen LogP contribution in [0.15, 0.2) is 52.3 Å². The molecule has 2 aromatic carbocycles. The average molecular weight is 427 g/mol. The summed E-state index contributed by atoms with van der Waals surface area (Å²) in [5.41, 5.74) is 1.49. The van der Waals surface area contributed by atoms with Crippen LogP contribution in [0, 0.1) is 5.82 Å². The van der Waals surface area contributed by atoms with Gasteiger partial charge >= 0.3 is 0 Å². The molecule has 3 N–H and O–H groups in total. The molecule has 0 bridgehead atoms. The zero-order chi connectivity index (χ0) is 21.1. The molecule has 1 fully saturated rings. The number of fused-ring (bicyclic) bond motifs is 1. The molecule has 5 nitrogen and oxygen atoms in total. The highest BCUT2D eigenvalue weighted by Crippen LogP contribution is 2.39. The van der Waals surface area contributed by atoms with Gasteiger partial charge in [-0.15, -0.1) is 0 Å². The third kappa shape index (κ3) is 4.42. The number of benzene rings is 2. The monoisotopic (exact) mass is 426 g/mol. The Kier molecular flexibility index (Phi) is 6.20. The van der Waals surface area contributed by atoms with Crippen molar-refractivity contribution in [3.63, 3.8) is 0 Å². The summed E-state index contributed by atoms with van der Waals surface area (Å²) in [5.74, 6) is -0.810. The summed E-state index contributed by atoms with van der Waals surface area (Å²) >= 11 is 1.27. The van der Waals surface area contributed by atoms with Crippen LogP contribution in [0.2, 0.25) is 0 Å². The molecule has 2 amide bonds. The highest BCUT2D eigenvalue weighted by molar-refractivity contribution is 8.04. The van der Waals surface area contributed by atoms with Crippen LogP contribution in [0.25, 0.3) is 6.08 Å². The van der Waals surface area contributed by atoms with Crippen LogP contribution in [0.1, 0.15) is 35.7 Å². The molecule has 1 saturated heterocycles. The second kappa shape index (κ2) is 9.02. The van der Waals surface area contributed by atoms with Crippen LogP contribution in [0.4, 0.5) is 10.1 Å². The lowest BCUT2D eigenvalue weighted by Gasteiger charge is -2.21. The van der Waals surface area contributed by atoms with Crippen molar-refractivity contribution in [3.05, 3.63) is 64.3 Å². The van der Waals surface area contributed by atoms with Gasteiger partial charge in [0.1, 0.15) is 11.9 Å². The number of halogens is 1. The molecule has 0 aromatic heterocycles. The van der Waals surface area contributed by atoms with Crippen LogP contribution in [0.3, 0.4) is 0 Å². The van der Waals surface area contributed by atoms with E-state index in [4.69, 9.17) is 0 Å². The number of likely N-dealkylation sites (tertiary alicyclic amines) is 1. The number of likely N-dealkylation sites (N-methyl/N-ethyl adjacent to an activating group) is 1. The minimum atomic E-state index is -0.373. The van der Waals surface area contributed by atoms with E-state index >= 15 is 0 Å². The lowest BCUT2D eigenvalue weighted by atomic mass is 10.1. The first-order valence-corrected chi connectivity index (χ1v) is 11.1. The minimum absolute atomic E-state index is 0.132. The van der Waals surface area contributed by atoms with Gasteiger partial charge in [-0.05, 0) is 37.3 Å². The predicted molar refractivity (Wildman–Crippen MR) is 117 cm³/mol. The largest absolute Gasteiger partial charge is 0.346 e. The second-order valence-electron chi connectivity index (χ2n) is 7.61. The second-order valence-corrected chi connectivity index (χ2v) is 8.69. The fraction of sp³-hybridized carbons (Fsp3) is 0.304. The maximum atomic E-state index is 13.9. The molecule has 0 spiro atoms. The van der Waals surface area contributed by atoms with Gasteiger partial charge in [-0.1, -0.05) is 30.0 Å². The Morgan fingerprint density at radius 1 is 1.33 bits per heavy atom. The van der Waals surface area contributed by atoms with Crippen molar-refractivity contribution in [2.75, 3.05) is 25.0 Å². The van der Waals surface area contributed by atoms with Crippen molar-refractivity contribution in [1.82, 2.24) is 5.32 Å². The van der Waals surface area contributed by atoms with Crippen LogP contribution in [-0.4, -0.2) is 37.5 Å². The zero-order valence-corrected chi connectivity index (χ0v) is 17.7. The van der Waals surface area contributed by atoms with Gasteiger partial charge in [0.2, 0.25) is 0 Å². The van der Waals surface area contributed by atoms with E-state index in [9.17, 15) is 14.0 Å². The Morgan fingerprint density at radius 3 is 2.97 bits per heavy atom. The molecule has 30 heavy (non-hydrogen) atoms. The summed E-state index contributed by atoms with van der Waals surface area (Å²) in [6.07, 6.45) is 3.88. The highest BCUT2D eigenvalue weighted by Gasteiger charge is 2.28. The van der Waals surface area contributed by atoms with E-state index in [-0.39, 0.29) is 17.6 Å². The number of anilines is 1. The first kappa shape index (κ1) is 20.6. The maximum absolute atomic E-state index is 13.9.